The minimum Gasteiger partial charge on any atom is -0.506 e. The van der Waals surface area contributed by atoms with Crippen LogP contribution >= 0.6 is 0 Å². The zero-order valence-corrected chi connectivity index (χ0v) is 31.7. The number of aromatic nitrogens is 2. The van der Waals surface area contributed by atoms with Crippen LogP contribution in [-0.2, 0) is 4.74 Å². The van der Waals surface area contributed by atoms with Crippen molar-refractivity contribution in [1.29, 1.82) is 0 Å². The van der Waals surface area contributed by atoms with Gasteiger partial charge >= 0.3 is 0 Å². The maximum atomic E-state index is 12.2. The maximum Gasteiger partial charge on any atom is 0.253 e. The monoisotopic (exact) mass is 640 g/mol. The summed E-state index contributed by atoms with van der Waals surface area (Å²) in [7, 11) is 0. The summed E-state index contributed by atoms with van der Waals surface area (Å²) < 4.78 is 7.16. The van der Waals surface area contributed by atoms with Crippen LogP contribution in [0.25, 0.3) is 28.3 Å². The van der Waals surface area contributed by atoms with E-state index in [2.05, 4.69) is 80.3 Å². The van der Waals surface area contributed by atoms with E-state index in [1.807, 2.05) is 30.4 Å². The number of hydrogen-bond acceptors (Lipinski definition) is 3. The van der Waals surface area contributed by atoms with Gasteiger partial charge in [-0.2, -0.15) is 0 Å². The molecule has 0 fully saturated rings. The van der Waals surface area contributed by atoms with Gasteiger partial charge in [-0.3, -0.25) is 9.20 Å². The van der Waals surface area contributed by atoms with Crippen LogP contribution in [0.2, 0.25) is 0 Å². The van der Waals surface area contributed by atoms with Crippen LogP contribution in [0.3, 0.4) is 0 Å². The molecule has 0 aliphatic heterocycles. The molecule has 3 rings (SSSR count). The molecule has 46 heavy (non-hydrogen) atoms. The standard InChI is InChI=1S/C19H23N3O2.C9H20.C6H14O.C6H12/c1-5-7-12-14(18(20)24)19-21-15-13(23)9-8-11(4)17(15)22(19)16(12)10(3)6-2;1-4-7-9(6-3)8-5-2;1-3-5-7-6-4-2;1-4-6(3)5-2/h7-9,21,23H,5-6H2,1-4H3,(H2,20,24);9H,4-8H2,1-3H3;3-6H2,1-2H3;4H,5H2,1-3H3/b12-7+,16-10?;;;6-4+. The van der Waals surface area contributed by atoms with Gasteiger partial charge in [0.05, 0.1) is 16.4 Å². The Hall–Kier alpha value is -2.99. The van der Waals surface area contributed by atoms with E-state index in [0.717, 1.165) is 66.5 Å². The van der Waals surface area contributed by atoms with Crippen LogP contribution in [0.5, 0.6) is 5.75 Å². The summed E-state index contributed by atoms with van der Waals surface area (Å²) in [4.78, 5) is 15.4. The highest BCUT2D eigenvalue weighted by molar-refractivity contribution is 6.02. The Balaban J connectivity index is 0.000000755. The summed E-state index contributed by atoms with van der Waals surface area (Å²) in [5.41, 5.74) is 12.0. The minimum atomic E-state index is -0.467. The zero-order chi connectivity index (χ0) is 35.2. The van der Waals surface area contributed by atoms with Crippen molar-refractivity contribution in [3.05, 3.63) is 45.5 Å². The Morgan fingerprint density at radius 1 is 0.957 bits per heavy atom. The first kappa shape index (κ1) is 43.0. The summed E-state index contributed by atoms with van der Waals surface area (Å²) in [6.07, 6.45) is 16.3. The van der Waals surface area contributed by atoms with Crippen molar-refractivity contribution in [3.8, 4) is 5.75 Å². The van der Waals surface area contributed by atoms with Crippen molar-refractivity contribution in [3.63, 3.8) is 0 Å². The van der Waals surface area contributed by atoms with Crippen molar-refractivity contribution >= 4 is 34.2 Å². The number of nitrogens with zero attached hydrogens (tertiary/aromatic N) is 1. The van der Waals surface area contributed by atoms with Crippen LogP contribution in [0.15, 0.2) is 23.8 Å². The molecule has 4 N–H and O–H groups in total. The first-order valence-electron chi connectivity index (χ1n) is 18.0. The van der Waals surface area contributed by atoms with Crippen LogP contribution in [0.1, 0.15) is 156 Å². The summed E-state index contributed by atoms with van der Waals surface area (Å²) in [6, 6.07) is 3.54. The molecule has 2 aromatic heterocycles. The van der Waals surface area contributed by atoms with E-state index in [-0.39, 0.29) is 5.75 Å². The number of carbonyl (C=O) groups is 1. The lowest BCUT2D eigenvalue weighted by molar-refractivity contribution is 0.100. The molecule has 1 amide bonds. The third kappa shape index (κ3) is 13.0. The van der Waals surface area contributed by atoms with E-state index in [9.17, 15) is 9.90 Å². The number of aryl methyl sites for hydroxylation is 1. The molecular weight excluding hydrogens is 570 g/mol. The van der Waals surface area contributed by atoms with Gasteiger partial charge in [0.15, 0.2) is 0 Å². The van der Waals surface area contributed by atoms with Crippen LogP contribution in [-0.4, -0.2) is 33.6 Å². The lowest BCUT2D eigenvalue weighted by Gasteiger charge is -2.10. The van der Waals surface area contributed by atoms with Crippen molar-refractivity contribution in [2.24, 2.45) is 11.7 Å². The number of hydrogen-bond donors (Lipinski definition) is 3. The van der Waals surface area contributed by atoms with Gasteiger partial charge in [-0.1, -0.05) is 111 Å². The number of benzene rings is 1. The fourth-order valence-electron chi connectivity index (χ4n) is 5.35. The highest BCUT2D eigenvalue weighted by Crippen LogP contribution is 2.28. The number of ether oxygens (including phenoxy) is 1. The molecule has 0 unspecified atom stereocenters. The van der Waals surface area contributed by atoms with Crippen molar-refractivity contribution in [1.82, 2.24) is 9.38 Å². The van der Waals surface area contributed by atoms with E-state index in [1.54, 1.807) is 6.07 Å². The number of phenolic OH excluding ortho intramolecular Hbond substituents is 1. The largest absolute Gasteiger partial charge is 0.506 e. The molecule has 6 nitrogen and oxygen atoms in total. The topological polar surface area (TPSA) is 92.8 Å². The summed E-state index contributed by atoms with van der Waals surface area (Å²) in [5, 5.41) is 12.1. The summed E-state index contributed by atoms with van der Waals surface area (Å²) in [5.74, 6) is 0.710. The van der Waals surface area contributed by atoms with Gasteiger partial charge in [-0.15, -0.1) is 0 Å². The fraction of sp³-hybridized carbons (Fsp3) is 0.625. The molecule has 0 atom stereocenters. The lowest BCUT2D eigenvalue weighted by Crippen LogP contribution is -2.32. The van der Waals surface area contributed by atoms with Gasteiger partial charge in [-0.25, -0.2) is 0 Å². The van der Waals surface area contributed by atoms with Gasteiger partial charge in [0.1, 0.15) is 16.9 Å². The number of rotatable bonds is 13. The number of phenols is 1. The van der Waals surface area contributed by atoms with E-state index >= 15 is 0 Å². The average Bonchev–Trinajstić information content (AvgIpc) is 3.58. The van der Waals surface area contributed by atoms with Crippen molar-refractivity contribution < 1.29 is 14.6 Å². The fourth-order valence-corrected chi connectivity index (χ4v) is 5.35. The van der Waals surface area contributed by atoms with Gasteiger partial charge in [0.25, 0.3) is 5.91 Å². The summed E-state index contributed by atoms with van der Waals surface area (Å²) in [6.45, 7) is 27.5. The number of nitrogens with two attached hydrogens (primary N) is 1. The lowest BCUT2D eigenvalue weighted by atomic mass is 9.96. The number of allylic oxidation sites excluding steroid dienone is 2. The van der Waals surface area contributed by atoms with Crippen molar-refractivity contribution in [2.75, 3.05) is 13.2 Å². The average molecular weight is 640 g/mol. The molecule has 2 heterocycles. The second kappa shape index (κ2) is 24.2. The molecule has 0 aliphatic carbocycles. The molecule has 0 spiro atoms. The number of carbonyl (C=O) groups excluding carboxylic acids is 1. The van der Waals surface area contributed by atoms with Gasteiger partial charge in [0.2, 0.25) is 0 Å². The molecule has 0 radical (unpaired) electrons. The van der Waals surface area contributed by atoms with Crippen LogP contribution in [0, 0.1) is 12.8 Å². The smallest absolute Gasteiger partial charge is 0.253 e. The second-order valence-electron chi connectivity index (χ2n) is 12.1. The minimum absolute atomic E-state index is 0.163. The molecule has 0 bridgehead atoms. The highest BCUT2D eigenvalue weighted by Gasteiger charge is 2.20. The number of aromatic hydroxyl groups is 1. The Kier molecular flexibility index (Phi) is 22.6. The van der Waals surface area contributed by atoms with Crippen LogP contribution in [0.4, 0.5) is 0 Å². The number of amides is 1. The third-order valence-electron chi connectivity index (χ3n) is 8.34. The molecular formula is C40H69N3O3. The highest BCUT2D eigenvalue weighted by atomic mass is 16.5. The Morgan fingerprint density at radius 3 is 1.93 bits per heavy atom. The Morgan fingerprint density at radius 2 is 1.54 bits per heavy atom. The normalized spacial score (nSPS) is 12.4. The Bertz CT molecular complexity index is 1430. The van der Waals surface area contributed by atoms with E-state index in [4.69, 9.17) is 10.5 Å². The number of primary amides is 1. The predicted octanol–water partition coefficient (Wildman–Crippen LogP) is 10.1. The number of imidazole rings is 1. The van der Waals surface area contributed by atoms with E-state index in [0.29, 0.717) is 16.7 Å². The predicted molar refractivity (Wildman–Crippen MR) is 202 cm³/mol. The molecule has 6 heteroatoms. The molecule has 3 aromatic rings. The SMILES string of the molecule is C/C=C(\C)CC.CC/C=c1\c(C(N)=O)c2[nH]c3c(O)ccc(C)c3n2c1=C(C)CC.CCCC(CC)CCC.CCCOCCC. The second-order valence-corrected chi connectivity index (χ2v) is 12.1. The first-order chi connectivity index (χ1) is 22.0. The molecule has 1 aromatic carbocycles. The molecule has 262 valence electrons. The molecule has 0 saturated carbocycles. The number of fused-ring (bicyclic) bond motifs is 3. The molecule has 0 aliphatic rings. The summed E-state index contributed by atoms with van der Waals surface area (Å²) >= 11 is 0. The van der Waals surface area contributed by atoms with E-state index < -0.39 is 5.91 Å². The van der Waals surface area contributed by atoms with E-state index in [1.165, 1.54) is 49.7 Å². The number of H-pyrrole nitrogens is 1. The first-order valence-corrected chi connectivity index (χ1v) is 18.0. The number of aromatic amines is 1. The van der Waals surface area contributed by atoms with Gasteiger partial charge in [-0.05, 0) is 82.9 Å². The maximum absolute atomic E-state index is 12.2. The van der Waals surface area contributed by atoms with Gasteiger partial charge in [0, 0.05) is 18.4 Å². The van der Waals surface area contributed by atoms with Crippen LogP contribution < -0.4 is 16.3 Å². The van der Waals surface area contributed by atoms with Crippen molar-refractivity contribution in [2.45, 2.75) is 147 Å². The third-order valence-corrected chi connectivity index (χ3v) is 8.34. The zero-order valence-electron chi connectivity index (χ0n) is 31.7. The number of nitrogens with one attached hydrogen (secondary N) is 1. The van der Waals surface area contributed by atoms with Gasteiger partial charge < -0.3 is 20.6 Å². The Labute approximate surface area is 281 Å². The quantitative estimate of drug-likeness (QED) is 0.128. The molecule has 0 saturated heterocycles.